The fourth-order valence-corrected chi connectivity index (χ4v) is 2.62. The standard InChI is InChI=1S/C18H27ClO/c1-5-8-9-11-15(10-6-2)16-13-17(19)14(4)12-18(16)20-7-3/h8-9,12-13,15H,5-7,10-11H2,1-4H3/b9-8-. The molecule has 0 aliphatic heterocycles. The maximum absolute atomic E-state index is 6.32. The molecule has 0 heterocycles. The SMILES string of the molecule is CC/C=C\CC(CCC)c1cc(Cl)c(C)cc1OCC. The number of halogens is 1. The number of hydrogen-bond donors (Lipinski definition) is 0. The molecular formula is C18H27ClO. The van der Waals surface area contributed by atoms with Crippen LogP contribution in [-0.4, -0.2) is 6.61 Å². The lowest BCUT2D eigenvalue weighted by atomic mass is 9.90. The molecule has 1 nitrogen and oxygen atoms in total. The molecule has 1 aromatic carbocycles. The molecule has 2 heteroatoms. The topological polar surface area (TPSA) is 9.23 Å². The summed E-state index contributed by atoms with van der Waals surface area (Å²) in [6, 6.07) is 4.18. The second-order valence-corrected chi connectivity index (χ2v) is 5.58. The quantitative estimate of drug-likeness (QED) is 0.512. The van der Waals surface area contributed by atoms with E-state index in [1.165, 1.54) is 12.0 Å². The Morgan fingerprint density at radius 1 is 1.20 bits per heavy atom. The maximum atomic E-state index is 6.32. The van der Waals surface area contributed by atoms with Gasteiger partial charge in [-0.25, -0.2) is 0 Å². The molecule has 0 N–H and O–H groups in total. The zero-order valence-electron chi connectivity index (χ0n) is 13.2. The van der Waals surface area contributed by atoms with E-state index in [-0.39, 0.29) is 0 Å². The van der Waals surface area contributed by atoms with Crippen molar-refractivity contribution in [2.45, 2.75) is 59.3 Å². The van der Waals surface area contributed by atoms with Crippen LogP contribution < -0.4 is 4.74 Å². The Hall–Kier alpha value is -0.950. The van der Waals surface area contributed by atoms with Gasteiger partial charge in [0.25, 0.3) is 0 Å². The summed E-state index contributed by atoms with van der Waals surface area (Å²) in [5.74, 6) is 1.49. The second-order valence-electron chi connectivity index (χ2n) is 5.17. The lowest BCUT2D eigenvalue weighted by Gasteiger charge is -2.20. The number of ether oxygens (including phenoxy) is 1. The van der Waals surface area contributed by atoms with Crippen LogP contribution in [0.5, 0.6) is 5.75 Å². The summed E-state index contributed by atoms with van der Waals surface area (Å²) >= 11 is 6.32. The van der Waals surface area contributed by atoms with Gasteiger partial charge in [-0.2, -0.15) is 0 Å². The van der Waals surface area contributed by atoms with Gasteiger partial charge in [0.1, 0.15) is 5.75 Å². The third-order valence-electron chi connectivity index (χ3n) is 3.49. The second kappa shape index (κ2) is 9.07. The zero-order valence-corrected chi connectivity index (χ0v) is 14.0. The molecule has 0 aliphatic carbocycles. The molecule has 1 atom stereocenters. The number of rotatable bonds is 8. The molecule has 0 amide bonds. The van der Waals surface area contributed by atoms with E-state index >= 15 is 0 Å². The van der Waals surface area contributed by atoms with Crippen molar-refractivity contribution < 1.29 is 4.74 Å². The Morgan fingerprint density at radius 2 is 1.95 bits per heavy atom. The zero-order chi connectivity index (χ0) is 15.0. The first-order chi connectivity index (χ1) is 9.63. The summed E-state index contributed by atoms with van der Waals surface area (Å²) in [6.07, 6.45) is 8.99. The van der Waals surface area contributed by atoms with E-state index in [1.54, 1.807) is 0 Å². The largest absolute Gasteiger partial charge is 0.494 e. The molecule has 1 aromatic rings. The molecule has 1 rings (SSSR count). The van der Waals surface area contributed by atoms with Crippen molar-refractivity contribution in [1.29, 1.82) is 0 Å². The lowest BCUT2D eigenvalue weighted by Crippen LogP contribution is -2.04. The van der Waals surface area contributed by atoms with Gasteiger partial charge in [0.2, 0.25) is 0 Å². The van der Waals surface area contributed by atoms with E-state index in [2.05, 4.69) is 38.1 Å². The van der Waals surface area contributed by atoms with Crippen LogP contribution in [0.3, 0.4) is 0 Å². The van der Waals surface area contributed by atoms with Gasteiger partial charge >= 0.3 is 0 Å². The van der Waals surface area contributed by atoms with Crippen molar-refractivity contribution in [3.63, 3.8) is 0 Å². The molecule has 112 valence electrons. The third kappa shape index (κ3) is 4.86. The van der Waals surface area contributed by atoms with Crippen molar-refractivity contribution in [1.82, 2.24) is 0 Å². The molecule has 1 unspecified atom stereocenters. The van der Waals surface area contributed by atoms with Gasteiger partial charge in [-0.05, 0) is 62.3 Å². The molecular weight excluding hydrogens is 268 g/mol. The molecule has 0 aromatic heterocycles. The van der Waals surface area contributed by atoms with Gasteiger partial charge in [-0.3, -0.25) is 0 Å². The Balaban J connectivity index is 3.09. The normalized spacial score (nSPS) is 12.8. The van der Waals surface area contributed by atoms with E-state index < -0.39 is 0 Å². The highest BCUT2D eigenvalue weighted by Crippen LogP contribution is 2.36. The minimum atomic E-state index is 0.488. The van der Waals surface area contributed by atoms with Gasteiger partial charge in [0, 0.05) is 5.02 Å². The fourth-order valence-electron chi connectivity index (χ4n) is 2.45. The highest BCUT2D eigenvalue weighted by Gasteiger charge is 2.16. The van der Waals surface area contributed by atoms with Crippen LogP contribution in [0.2, 0.25) is 5.02 Å². The van der Waals surface area contributed by atoms with Gasteiger partial charge in [-0.1, -0.05) is 44.0 Å². The van der Waals surface area contributed by atoms with Crippen molar-refractivity contribution in [3.05, 3.63) is 40.4 Å². The Bertz CT molecular complexity index is 437. The van der Waals surface area contributed by atoms with Crippen LogP contribution in [0.25, 0.3) is 0 Å². The van der Waals surface area contributed by atoms with Crippen LogP contribution in [0.1, 0.15) is 63.5 Å². The predicted octanol–water partition coefficient (Wildman–Crippen LogP) is 6.29. The van der Waals surface area contributed by atoms with E-state index in [4.69, 9.17) is 16.3 Å². The van der Waals surface area contributed by atoms with Crippen molar-refractivity contribution in [2.24, 2.45) is 0 Å². The highest BCUT2D eigenvalue weighted by molar-refractivity contribution is 6.31. The van der Waals surface area contributed by atoms with Gasteiger partial charge in [0.15, 0.2) is 0 Å². The molecule has 0 radical (unpaired) electrons. The molecule has 20 heavy (non-hydrogen) atoms. The molecule has 0 bridgehead atoms. The number of benzene rings is 1. The van der Waals surface area contributed by atoms with Crippen molar-refractivity contribution >= 4 is 11.6 Å². The first-order valence-corrected chi connectivity index (χ1v) is 8.09. The minimum Gasteiger partial charge on any atom is -0.494 e. The smallest absolute Gasteiger partial charge is 0.123 e. The van der Waals surface area contributed by atoms with Crippen LogP contribution in [0, 0.1) is 6.92 Å². The summed E-state index contributed by atoms with van der Waals surface area (Å²) in [7, 11) is 0. The minimum absolute atomic E-state index is 0.488. The summed E-state index contributed by atoms with van der Waals surface area (Å²) < 4.78 is 5.82. The highest BCUT2D eigenvalue weighted by atomic mass is 35.5. The number of hydrogen-bond acceptors (Lipinski definition) is 1. The summed E-state index contributed by atoms with van der Waals surface area (Å²) in [5.41, 5.74) is 2.34. The van der Waals surface area contributed by atoms with E-state index in [1.807, 2.05) is 13.8 Å². The Kier molecular flexibility index (Phi) is 7.76. The molecule has 0 saturated heterocycles. The van der Waals surface area contributed by atoms with Gasteiger partial charge < -0.3 is 4.74 Å². The Labute approximate surface area is 129 Å². The van der Waals surface area contributed by atoms with E-state index in [9.17, 15) is 0 Å². The van der Waals surface area contributed by atoms with Gasteiger partial charge in [0.05, 0.1) is 6.61 Å². The van der Waals surface area contributed by atoms with E-state index in [0.717, 1.165) is 35.6 Å². The first-order valence-electron chi connectivity index (χ1n) is 7.71. The fraction of sp³-hybridized carbons (Fsp3) is 0.556. The number of aryl methyl sites for hydroxylation is 1. The average molecular weight is 295 g/mol. The van der Waals surface area contributed by atoms with Crippen LogP contribution >= 0.6 is 11.6 Å². The molecule has 0 saturated carbocycles. The maximum Gasteiger partial charge on any atom is 0.123 e. The van der Waals surface area contributed by atoms with E-state index in [0.29, 0.717) is 12.5 Å². The lowest BCUT2D eigenvalue weighted by molar-refractivity contribution is 0.333. The van der Waals surface area contributed by atoms with Crippen molar-refractivity contribution in [2.75, 3.05) is 6.61 Å². The third-order valence-corrected chi connectivity index (χ3v) is 3.90. The first kappa shape index (κ1) is 17.1. The summed E-state index contributed by atoms with van der Waals surface area (Å²) in [4.78, 5) is 0. The molecule has 0 fully saturated rings. The summed E-state index contributed by atoms with van der Waals surface area (Å²) in [5, 5.41) is 0.837. The van der Waals surface area contributed by atoms with Gasteiger partial charge in [-0.15, -0.1) is 0 Å². The van der Waals surface area contributed by atoms with Crippen LogP contribution in [0.15, 0.2) is 24.3 Å². The van der Waals surface area contributed by atoms with Crippen molar-refractivity contribution in [3.8, 4) is 5.75 Å². The average Bonchev–Trinajstić information content (AvgIpc) is 2.42. The number of allylic oxidation sites excluding steroid dienone is 2. The molecule has 0 aliphatic rings. The molecule has 0 spiro atoms. The summed E-state index contributed by atoms with van der Waals surface area (Å²) in [6.45, 7) is 9.14. The van der Waals surface area contributed by atoms with Crippen LogP contribution in [-0.2, 0) is 0 Å². The predicted molar refractivity (Wildman–Crippen MR) is 89.1 cm³/mol. The van der Waals surface area contributed by atoms with Crippen LogP contribution in [0.4, 0.5) is 0 Å². The Morgan fingerprint density at radius 3 is 2.55 bits per heavy atom. The monoisotopic (exact) mass is 294 g/mol.